The van der Waals surface area contributed by atoms with E-state index in [2.05, 4.69) is 13.8 Å². The smallest absolute Gasteiger partial charge is 0.330 e. The van der Waals surface area contributed by atoms with Gasteiger partial charge in [-0.15, -0.1) is 0 Å². The summed E-state index contributed by atoms with van der Waals surface area (Å²) >= 11 is 0. The lowest BCUT2D eigenvalue weighted by molar-refractivity contribution is -0.146. The minimum atomic E-state index is -0.204. The maximum Gasteiger partial charge on any atom is 0.330 e. The monoisotopic (exact) mass is 140 g/mol. The van der Waals surface area contributed by atoms with Crippen LogP contribution in [0, 0.1) is 5.92 Å². The molecule has 0 amide bonds. The Kier molecular flexibility index (Phi) is 2.10. The molecule has 0 saturated heterocycles. The molecule has 10 heavy (non-hydrogen) atoms. The van der Waals surface area contributed by atoms with Gasteiger partial charge in [0.2, 0.25) is 0 Å². The molecule has 2 nitrogen and oxygen atoms in total. The van der Waals surface area contributed by atoms with Gasteiger partial charge in [0.1, 0.15) is 6.10 Å². The average molecular weight is 140 g/mol. The number of carbonyl (C=O) groups is 1. The molecule has 0 saturated carbocycles. The molecule has 0 N–H and O–H groups in total. The molecule has 0 aliphatic carbocycles. The van der Waals surface area contributed by atoms with Crippen molar-refractivity contribution < 1.29 is 9.53 Å². The molecule has 1 rings (SSSR count). The van der Waals surface area contributed by atoms with Gasteiger partial charge in [-0.2, -0.15) is 0 Å². The van der Waals surface area contributed by atoms with Gasteiger partial charge < -0.3 is 4.74 Å². The lowest BCUT2D eigenvalue weighted by Gasteiger charge is -2.21. The predicted molar refractivity (Wildman–Crippen MR) is 38.5 cm³/mol. The predicted octanol–water partition coefficient (Wildman–Crippen LogP) is 1.51. The Morgan fingerprint density at radius 1 is 1.70 bits per heavy atom. The first-order valence-electron chi connectivity index (χ1n) is 3.57. The van der Waals surface area contributed by atoms with Gasteiger partial charge in [0.05, 0.1) is 0 Å². The molecular weight excluding hydrogens is 128 g/mol. The minimum Gasteiger partial charge on any atom is -0.459 e. The molecule has 1 aliphatic rings. The number of hydrogen-bond acceptors (Lipinski definition) is 2. The molecule has 0 aromatic rings. The van der Waals surface area contributed by atoms with Gasteiger partial charge in [-0.1, -0.05) is 19.9 Å². The number of carbonyl (C=O) groups excluding carboxylic acids is 1. The van der Waals surface area contributed by atoms with Crippen LogP contribution in [0.4, 0.5) is 0 Å². The second kappa shape index (κ2) is 2.86. The third kappa shape index (κ3) is 1.59. The van der Waals surface area contributed by atoms with Gasteiger partial charge in [-0.05, 0) is 5.92 Å². The molecule has 56 valence electrons. The standard InChI is InChI=1S/C8H12O2/c1-6(2)7-4-3-5-8(9)10-7/h3,5-7H,4H2,1-2H3/t7-/m0/s1. The third-order valence-corrected chi connectivity index (χ3v) is 1.63. The number of hydrogen-bond donors (Lipinski definition) is 0. The first kappa shape index (κ1) is 7.32. The van der Waals surface area contributed by atoms with E-state index in [9.17, 15) is 4.79 Å². The second-order valence-electron chi connectivity index (χ2n) is 2.86. The molecule has 0 bridgehead atoms. The Bertz CT molecular complexity index is 159. The van der Waals surface area contributed by atoms with E-state index in [1.807, 2.05) is 6.08 Å². The topological polar surface area (TPSA) is 26.3 Å². The summed E-state index contributed by atoms with van der Waals surface area (Å²) < 4.78 is 5.02. The fraction of sp³-hybridized carbons (Fsp3) is 0.625. The van der Waals surface area contributed by atoms with E-state index in [1.54, 1.807) is 0 Å². The first-order valence-corrected chi connectivity index (χ1v) is 3.57. The maximum atomic E-state index is 10.7. The zero-order valence-corrected chi connectivity index (χ0v) is 6.33. The molecule has 1 atom stereocenters. The van der Waals surface area contributed by atoms with E-state index < -0.39 is 0 Å². The minimum absolute atomic E-state index is 0.0949. The Balaban J connectivity index is 2.52. The summed E-state index contributed by atoms with van der Waals surface area (Å²) in [5.74, 6) is 0.221. The Morgan fingerprint density at radius 3 is 2.80 bits per heavy atom. The highest BCUT2D eigenvalue weighted by Gasteiger charge is 2.18. The second-order valence-corrected chi connectivity index (χ2v) is 2.86. The van der Waals surface area contributed by atoms with Crippen molar-refractivity contribution in [3.8, 4) is 0 Å². The Hall–Kier alpha value is -0.790. The van der Waals surface area contributed by atoms with Crippen LogP contribution in [0.2, 0.25) is 0 Å². The highest BCUT2D eigenvalue weighted by atomic mass is 16.5. The van der Waals surface area contributed by atoms with Crippen molar-refractivity contribution in [3.63, 3.8) is 0 Å². The van der Waals surface area contributed by atoms with Gasteiger partial charge in [0.25, 0.3) is 0 Å². The molecule has 0 fully saturated rings. The highest BCUT2D eigenvalue weighted by molar-refractivity contribution is 5.82. The number of esters is 1. The van der Waals surface area contributed by atoms with Gasteiger partial charge >= 0.3 is 5.97 Å². The van der Waals surface area contributed by atoms with E-state index in [-0.39, 0.29) is 12.1 Å². The molecule has 1 aliphatic heterocycles. The van der Waals surface area contributed by atoms with Gasteiger partial charge in [-0.25, -0.2) is 4.79 Å². The van der Waals surface area contributed by atoms with E-state index in [4.69, 9.17) is 4.74 Å². The number of cyclic esters (lactones) is 1. The van der Waals surface area contributed by atoms with Crippen molar-refractivity contribution in [2.24, 2.45) is 5.92 Å². The molecule has 0 radical (unpaired) electrons. The van der Waals surface area contributed by atoms with Gasteiger partial charge in [0, 0.05) is 12.5 Å². The highest BCUT2D eigenvalue weighted by Crippen LogP contribution is 2.15. The van der Waals surface area contributed by atoms with E-state index in [0.29, 0.717) is 5.92 Å². The summed E-state index contributed by atoms with van der Waals surface area (Å²) in [7, 11) is 0. The maximum absolute atomic E-state index is 10.7. The van der Waals surface area contributed by atoms with Gasteiger partial charge in [-0.3, -0.25) is 0 Å². The van der Waals surface area contributed by atoms with Crippen LogP contribution in [0.1, 0.15) is 20.3 Å². The fourth-order valence-corrected chi connectivity index (χ4v) is 0.943. The number of rotatable bonds is 1. The molecule has 0 aromatic heterocycles. The van der Waals surface area contributed by atoms with Crippen molar-refractivity contribution in [2.75, 3.05) is 0 Å². The molecule has 0 unspecified atom stereocenters. The zero-order chi connectivity index (χ0) is 7.56. The van der Waals surface area contributed by atoms with Crippen molar-refractivity contribution >= 4 is 5.97 Å². The van der Waals surface area contributed by atoms with Crippen LogP contribution < -0.4 is 0 Å². The lowest BCUT2D eigenvalue weighted by atomic mass is 10.0. The summed E-state index contributed by atoms with van der Waals surface area (Å²) in [5.41, 5.74) is 0. The first-order chi connectivity index (χ1) is 4.70. The summed E-state index contributed by atoms with van der Waals surface area (Å²) in [6, 6.07) is 0. The lowest BCUT2D eigenvalue weighted by Crippen LogP contribution is -2.24. The largest absolute Gasteiger partial charge is 0.459 e. The van der Waals surface area contributed by atoms with Gasteiger partial charge in [0.15, 0.2) is 0 Å². The summed E-state index contributed by atoms with van der Waals surface area (Å²) in [6.07, 6.45) is 4.32. The van der Waals surface area contributed by atoms with Crippen molar-refractivity contribution in [2.45, 2.75) is 26.4 Å². The van der Waals surface area contributed by atoms with Crippen LogP contribution >= 0.6 is 0 Å². The van der Waals surface area contributed by atoms with Crippen LogP contribution in [0.25, 0.3) is 0 Å². The zero-order valence-electron chi connectivity index (χ0n) is 6.33. The quantitative estimate of drug-likeness (QED) is 0.516. The molecule has 2 heteroatoms. The van der Waals surface area contributed by atoms with Crippen molar-refractivity contribution in [3.05, 3.63) is 12.2 Å². The molecule has 0 aromatic carbocycles. The molecule has 1 heterocycles. The summed E-state index contributed by atoms with van der Waals surface area (Å²) in [4.78, 5) is 10.7. The SMILES string of the molecule is CC(C)[C@@H]1CC=CC(=O)O1. The van der Waals surface area contributed by atoms with E-state index >= 15 is 0 Å². The van der Waals surface area contributed by atoms with Crippen LogP contribution in [-0.4, -0.2) is 12.1 Å². The summed E-state index contributed by atoms with van der Waals surface area (Å²) in [6.45, 7) is 4.11. The Labute approximate surface area is 60.9 Å². The van der Waals surface area contributed by atoms with Crippen LogP contribution in [0.15, 0.2) is 12.2 Å². The Morgan fingerprint density at radius 2 is 2.40 bits per heavy atom. The van der Waals surface area contributed by atoms with Crippen molar-refractivity contribution in [1.82, 2.24) is 0 Å². The van der Waals surface area contributed by atoms with E-state index in [0.717, 1.165) is 6.42 Å². The number of ether oxygens (including phenoxy) is 1. The third-order valence-electron chi connectivity index (χ3n) is 1.63. The fourth-order valence-electron chi connectivity index (χ4n) is 0.943. The van der Waals surface area contributed by atoms with E-state index in [1.165, 1.54) is 6.08 Å². The summed E-state index contributed by atoms with van der Waals surface area (Å²) in [5, 5.41) is 0. The van der Waals surface area contributed by atoms with Crippen LogP contribution in [0.5, 0.6) is 0 Å². The van der Waals surface area contributed by atoms with Crippen LogP contribution in [0.3, 0.4) is 0 Å². The van der Waals surface area contributed by atoms with Crippen LogP contribution in [-0.2, 0) is 9.53 Å². The molecule has 0 spiro atoms. The normalized spacial score (nSPS) is 25.1. The average Bonchev–Trinajstić information content (AvgIpc) is 1.88. The molecular formula is C8H12O2. The van der Waals surface area contributed by atoms with Crippen molar-refractivity contribution in [1.29, 1.82) is 0 Å².